The van der Waals surface area contributed by atoms with Crippen molar-refractivity contribution >= 4 is 0 Å². The summed E-state index contributed by atoms with van der Waals surface area (Å²) in [6.45, 7) is 10.4. The van der Waals surface area contributed by atoms with E-state index in [9.17, 15) is 5.11 Å². The van der Waals surface area contributed by atoms with Crippen LogP contribution in [0.15, 0.2) is 0 Å². The Labute approximate surface area is 392 Å². The first-order valence-electron chi connectivity index (χ1n) is 23.3. The molecule has 22 atom stereocenters. The van der Waals surface area contributed by atoms with Gasteiger partial charge in [0.1, 0.15) is 85.5 Å². The van der Waals surface area contributed by atoms with E-state index >= 15 is 0 Å². The van der Waals surface area contributed by atoms with Crippen LogP contribution in [0.5, 0.6) is 0 Å². The molecule has 21 heteroatoms. The van der Waals surface area contributed by atoms with Crippen molar-refractivity contribution in [2.24, 2.45) is 0 Å². The van der Waals surface area contributed by atoms with Gasteiger partial charge in [0.05, 0.1) is 38.1 Å². The number of fused-ring (bicyclic) bond motifs is 1. The first-order chi connectivity index (χ1) is 32.0. The maximum Gasteiger partial charge on any atom is 0.187 e. The Hall–Kier alpha value is -0.840. The van der Waals surface area contributed by atoms with E-state index < -0.39 is 135 Å². The average Bonchev–Trinajstić information content (AvgIpc) is 3.34. The van der Waals surface area contributed by atoms with Gasteiger partial charge in [-0.05, 0) is 32.6 Å². The fourth-order valence-electron chi connectivity index (χ4n) is 9.27. The molecule has 390 valence electrons. The van der Waals surface area contributed by atoms with Crippen LogP contribution >= 0.6 is 0 Å². The Morgan fingerprint density at radius 1 is 0.561 bits per heavy atom. The Morgan fingerprint density at radius 3 is 1.67 bits per heavy atom. The highest BCUT2D eigenvalue weighted by Gasteiger charge is 2.55. The largest absolute Gasteiger partial charge is 0.390 e. The van der Waals surface area contributed by atoms with E-state index in [0.29, 0.717) is 38.9 Å². The van der Waals surface area contributed by atoms with E-state index in [4.69, 9.17) is 94.7 Å². The van der Waals surface area contributed by atoms with Crippen molar-refractivity contribution < 1.29 is 99.8 Å². The summed E-state index contributed by atoms with van der Waals surface area (Å²) >= 11 is 0. The monoisotopic (exact) mass is 961 g/mol. The van der Waals surface area contributed by atoms with Crippen LogP contribution in [0.25, 0.3) is 0 Å². The summed E-state index contributed by atoms with van der Waals surface area (Å²) in [5, 5.41) is 11.0. The molecule has 1 N–H and O–H groups in total. The third-order valence-corrected chi connectivity index (χ3v) is 12.8. The van der Waals surface area contributed by atoms with Crippen molar-refractivity contribution in [3.8, 4) is 0 Å². The van der Waals surface area contributed by atoms with E-state index in [0.717, 1.165) is 0 Å². The minimum atomic E-state index is -1.01. The van der Waals surface area contributed by atoms with Crippen LogP contribution in [0.4, 0.5) is 0 Å². The lowest BCUT2D eigenvalue weighted by Crippen LogP contribution is -2.67. The number of ether oxygens (including phenoxy) is 20. The summed E-state index contributed by atoms with van der Waals surface area (Å²) in [5.41, 5.74) is 0. The highest BCUT2D eigenvalue weighted by Crippen LogP contribution is 2.37. The van der Waals surface area contributed by atoms with E-state index in [1.54, 1.807) is 56.9 Å². The van der Waals surface area contributed by atoms with Crippen LogP contribution in [0.1, 0.15) is 60.3 Å². The molecule has 0 bridgehead atoms. The zero-order valence-electron chi connectivity index (χ0n) is 42.0. The molecule has 21 nitrogen and oxygen atoms in total. The second kappa shape index (κ2) is 29.5. The molecule has 4 saturated heterocycles. The van der Waals surface area contributed by atoms with Crippen LogP contribution in [-0.4, -0.2) is 238 Å². The van der Waals surface area contributed by atoms with Gasteiger partial charge in [0, 0.05) is 77.7 Å². The molecule has 4 rings (SSSR count). The summed E-state index contributed by atoms with van der Waals surface area (Å²) < 4.78 is 124. The number of aliphatic hydroxyl groups is 1. The van der Waals surface area contributed by atoms with Crippen LogP contribution in [0.3, 0.4) is 0 Å². The lowest BCUT2D eigenvalue weighted by atomic mass is 9.95. The molecule has 0 aliphatic carbocycles. The van der Waals surface area contributed by atoms with Gasteiger partial charge in [0.2, 0.25) is 0 Å². The normalized spacial score (nSPS) is 38.0. The summed E-state index contributed by atoms with van der Waals surface area (Å²) in [4.78, 5) is 0. The quantitative estimate of drug-likeness (QED) is 0.103. The second-order valence-electron chi connectivity index (χ2n) is 16.7. The Balaban J connectivity index is 1.53. The van der Waals surface area contributed by atoms with E-state index in [1.807, 2.05) is 34.6 Å². The highest BCUT2D eigenvalue weighted by atomic mass is 16.8. The third kappa shape index (κ3) is 14.0. The minimum absolute atomic E-state index is 0.0340. The summed E-state index contributed by atoms with van der Waals surface area (Å²) in [6.07, 6.45) is -13.5. The van der Waals surface area contributed by atoms with Gasteiger partial charge in [-0.15, -0.1) is 0 Å². The van der Waals surface area contributed by atoms with Crippen molar-refractivity contribution in [2.45, 2.75) is 196 Å². The lowest BCUT2D eigenvalue weighted by Gasteiger charge is -2.51. The number of rotatable bonds is 30. The zero-order valence-corrected chi connectivity index (χ0v) is 42.0. The van der Waals surface area contributed by atoms with Gasteiger partial charge in [-0.3, -0.25) is 0 Å². The van der Waals surface area contributed by atoms with Crippen LogP contribution in [0.2, 0.25) is 0 Å². The van der Waals surface area contributed by atoms with Crippen molar-refractivity contribution in [1.82, 2.24) is 0 Å². The minimum Gasteiger partial charge on any atom is -0.390 e. The molecular weight excluding hydrogens is 876 g/mol. The third-order valence-electron chi connectivity index (χ3n) is 12.8. The predicted octanol–water partition coefficient (Wildman–Crippen LogP) is 2.22. The fourth-order valence-corrected chi connectivity index (χ4v) is 9.27. The molecule has 4 aliphatic heterocycles. The molecule has 0 saturated carbocycles. The van der Waals surface area contributed by atoms with E-state index in [2.05, 4.69) is 0 Å². The topological polar surface area (TPSA) is 205 Å². The van der Waals surface area contributed by atoms with Crippen LogP contribution in [0, 0.1) is 0 Å². The van der Waals surface area contributed by atoms with Gasteiger partial charge in [-0.2, -0.15) is 0 Å². The van der Waals surface area contributed by atoms with Crippen LogP contribution in [-0.2, 0) is 94.7 Å². The number of methoxy groups -OCH3 is 10. The second-order valence-corrected chi connectivity index (χ2v) is 16.7. The van der Waals surface area contributed by atoms with Gasteiger partial charge in [0.15, 0.2) is 31.5 Å². The van der Waals surface area contributed by atoms with Gasteiger partial charge in [-0.1, -0.05) is 27.7 Å². The molecule has 0 amide bonds. The molecule has 66 heavy (non-hydrogen) atoms. The summed E-state index contributed by atoms with van der Waals surface area (Å²) in [6, 6.07) is 0. The van der Waals surface area contributed by atoms with Gasteiger partial charge < -0.3 is 99.8 Å². The maximum absolute atomic E-state index is 11.0. The standard InChI is InChI=1S/C45H84O21/c1-16-20-57-42(65-32-27(19-4)62-44(40(55-14)37(32)52-11)64-31(25(46)17-2)28(48-7)21-47-6)35(50-9)29(49-8)22-59-43-39(54-13)36(51-10)33(26(18-3)61-43)66-45-41(56-15)38(53-12)34-30(63-45)23-58-24(5)60-34/h24-46H,16-23H2,1-15H3/t24?,25?,26?,27-,28+,29?,30?,31+,32+,33+,34+,35?,36?,37?,38?,39-,40?,41-,42+,43+,44-,45+/m0/s1. The first-order valence-corrected chi connectivity index (χ1v) is 23.3. The van der Waals surface area contributed by atoms with Crippen LogP contribution < -0.4 is 0 Å². The number of aliphatic hydroxyl groups excluding tert-OH is 1. The van der Waals surface area contributed by atoms with Crippen molar-refractivity contribution in [2.75, 3.05) is 97.5 Å². The van der Waals surface area contributed by atoms with E-state index in [-0.39, 0.29) is 13.2 Å². The maximum atomic E-state index is 11.0. The number of hydrogen-bond acceptors (Lipinski definition) is 21. The molecular formula is C45H84O21. The Bertz CT molecular complexity index is 1290. The molecule has 10 unspecified atom stereocenters. The Kier molecular flexibility index (Phi) is 25.8. The molecule has 4 heterocycles. The van der Waals surface area contributed by atoms with E-state index in [1.165, 1.54) is 14.2 Å². The fraction of sp³-hybridized carbons (Fsp3) is 1.00. The average molecular weight is 961 g/mol. The van der Waals surface area contributed by atoms with Crippen molar-refractivity contribution in [3.63, 3.8) is 0 Å². The summed E-state index contributed by atoms with van der Waals surface area (Å²) in [5.74, 6) is 0. The molecule has 0 radical (unpaired) electrons. The molecule has 0 spiro atoms. The zero-order chi connectivity index (χ0) is 48.5. The highest BCUT2D eigenvalue weighted by molar-refractivity contribution is 4.98. The molecule has 0 aromatic rings. The van der Waals surface area contributed by atoms with Gasteiger partial charge >= 0.3 is 0 Å². The lowest BCUT2D eigenvalue weighted by molar-refractivity contribution is -0.387. The van der Waals surface area contributed by atoms with Gasteiger partial charge in [-0.25, -0.2) is 0 Å². The van der Waals surface area contributed by atoms with Crippen molar-refractivity contribution in [3.05, 3.63) is 0 Å². The molecule has 4 fully saturated rings. The molecule has 4 aliphatic rings. The van der Waals surface area contributed by atoms with Gasteiger partial charge in [0.25, 0.3) is 0 Å². The summed E-state index contributed by atoms with van der Waals surface area (Å²) in [7, 11) is 15.6. The molecule has 0 aromatic heterocycles. The predicted molar refractivity (Wildman–Crippen MR) is 233 cm³/mol. The first kappa shape index (κ1) is 57.7. The Morgan fingerprint density at radius 2 is 1.12 bits per heavy atom. The SMILES string of the molecule is CCCO[C@H](O[C@H]1C(OC)C(OC)[C@H](O[C@H](C(O)CC)[C@@H](COC)OC)O[C@H]1CC)C(OC)C(CO[C@@H]1OC(CC)[C@@H](O[C@H]2OC3COC(C)O[C@H]3C(OC)[C@@H]2OC)C(OC)[C@@H]1OC)OC. The molecule has 0 aromatic carbocycles. The number of hydrogen-bond donors (Lipinski definition) is 1. The van der Waals surface area contributed by atoms with Crippen molar-refractivity contribution in [1.29, 1.82) is 0 Å². The smallest absolute Gasteiger partial charge is 0.187 e.